The summed E-state index contributed by atoms with van der Waals surface area (Å²) in [6, 6.07) is 25.1. The van der Waals surface area contributed by atoms with Gasteiger partial charge in [-0.15, -0.1) is 17.9 Å². The number of benzene rings is 6. The first-order valence-electron chi connectivity index (χ1n) is 22.7. The fraction of sp³-hybridized carbons (Fsp3) is 0.143. The molecule has 19 heteroatoms. The average Bonchev–Trinajstić information content (AvgIpc) is 4.10. The number of carboxylic acids is 2. The standard InChI is InChI=1S/C25H15NO9.C24H15NO6.C4H8O.C3H5N/c27-13-2-5-16-19(10-13)34-20-11-14(28)3-6-17(20)23(16)15-4-1-12(9-18(15)24(31)32)25(33)35-26-21(29)7-8-22(26)30;1-2-9-25-23(28)13-3-6-16(19(10-13)24(29)30)22-17-7-4-14(26)11-20(17)31-21-12-15(27)5-8-18(21)22;1-2-4-5-3-1;1-2-3-4/h1-6,9-11,27H,7-8H2,(H,31,32);1,3-8,10-12,26H,9H2,(H,25,28)(H,29,30);1-4H2;1H,3-4H2. The van der Waals surface area contributed by atoms with Crippen molar-refractivity contribution in [2.45, 2.75) is 25.7 Å². The van der Waals surface area contributed by atoms with Crippen LogP contribution in [0.25, 0.3) is 66.8 Å². The molecule has 7 N–H and O–H groups in total. The molecule has 4 heterocycles. The molecule has 0 unspecified atom stereocenters. The van der Waals surface area contributed by atoms with E-state index in [4.69, 9.17) is 30.6 Å². The van der Waals surface area contributed by atoms with Crippen LogP contribution in [-0.2, 0) is 19.2 Å². The van der Waals surface area contributed by atoms with Crippen LogP contribution < -0.4 is 21.9 Å². The van der Waals surface area contributed by atoms with E-state index >= 15 is 0 Å². The first-order chi connectivity index (χ1) is 36.0. The lowest BCUT2D eigenvalue weighted by molar-refractivity contribution is -0.172. The Bertz CT molecular complexity index is 3680. The number of carbonyl (C=O) groups excluding carboxylic acids is 4. The average molecular weight is 1010 g/mol. The highest BCUT2D eigenvalue weighted by Crippen LogP contribution is 2.44. The number of phenolic OH excluding ortho intramolecular Hbond substituents is 2. The van der Waals surface area contributed by atoms with Crippen molar-refractivity contribution in [1.29, 1.82) is 0 Å². The molecule has 2 fully saturated rings. The summed E-state index contributed by atoms with van der Waals surface area (Å²) in [5.41, 5.74) is 6.66. The molecular weight excluding hydrogens is 971 g/mol. The number of aromatic hydroxyl groups is 2. The van der Waals surface area contributed by atoms with Crippen LogP contribution in [0.5, 0.6) is 11.5 Å². The Morgan fingerprint density at radius 3 is 1.49 bits per heavy atom. The molecule has 0 spiro atoms. The van der Waals surface area contributed by atoms with Crippen molar-refractivity contribution >= 4 is 57.6 Å². The molecule has 6 aliphatic rings. The number of amides is 3. The third-order valence-corrected chi connectivity index (χ3v) is 11.4. The SMILES string of the molecule is C#CCN.C#CCNC(=O)c1ccc(-c2c3ccc(=O)cc-3oc3cc(O)ccc23)c(C(=O)O)c1.C1CCOC1.O=C(ON1C(=O)CCC1=O)c1ccc(-c2c3ccc(=O)cc-3oc3cc(O)ccc23)c(C(=O)O)c1. The highest BCUT2D eigenvalue weighted by Gasteiger charge is 2.34. The van der Waals surface area contributed by atoms with E-state index in [1.54, 1.807) is 18.2 Å². The van der Waals surface area contributed by atoms with E-state index < -0.39 is 35.6 Å². The van der Waals surface area contributed by atoms with Crippen LogP contribution >= 0.6 is 0 Å². The number of phenols is 2. The van der Waals surface area contributed by atoms with Gasteiger partial charge in [0.15, 0.2) is 10.9 Å². The molecule has 75 heavy (non-hydrogen) atoms. The van der Waals surface area contributed by atoms with Crippen molar-refractivity contribution in [3.05, 3.63) is 152 Å². The Hall–Kier alpha value is -10.1. The van der Waals surface area contributed by atoms with Crippen LogP contribution in [0.1, 0.15) is 67.1 Å². The van der Waals surface area contributed by atoms with Gasteiger partial charge >= 0.3 is 17.9 Å². The molecule has 2 saturated heterocycles. The Morgan fingerprint density at radius 2 is 1.07 bits per heavy atom. The van der Waals surface area contributed by atoms with Crippen molar-refractivity contribution in [1.82, 2.24) is 10.4 Å². The van der Waals surface area contributed by atoms with E-state index in [0.29, 0.717) is 50.2 Å². The molecule has 0 atom stereocenters. The van der Waals surface area contributed by atoms with E-state index in [2.05, 4.69) is 23.6 Å². The van der Waals surface area contributed by atoms with Crippen LogP contribution in [-0.4, -0.2) is 87.4 Å². The Morgan fingerprint density at radius 1 is 0.613 bits per heavy atom. The van der Waals surface area contributed by atoms with Crippen molar-refractivity contribution < 1.29 is 67.6 Å². The lowest BCUT2D eigenvalue weighted by Crippen LogP contribution is -2.32. The number of hydrogen-bond donors (Lipinski definition) is 6. The van der Waals surface area contributed by atoms with Crippen molar-refractivity contribution in [2.24, 2.45) is 5.73 Å². The number of carbonyl (C=O) groups is 6. The third kappa shape index (κ3) is 12.0. The number of nitrogens with one attached hydrogen (secondary N) is 1. The lowest BCUT2D eigenvalue weighted by Gasteiger charge is -2.17. The minimum atomic E-state index is -1.36. The summed E-state index contributed by atoms with van der Waals surface area (Å²) in [5, 5.41) is 43.4. The maximum absolute atomic E-state index is 12.6. The number of nitrogens with two attached hydrogens (primary N) is 1. The molecule has 0 bridgehead atoms. The summed E-state index contributed by atoms with van der Waals surface area (Å²) in [6.45, 7) is 2.36. The number of fused-ring (bicyclic) bond motifs is 4. The number of nitrogens with zero attached hydrogens (tertiary/aromatic N) is 1. The fourth-order valence-corrected chi connectivity index (χ4v) is 7.98. The number of ether oxygens (including phenoxy) is 1. The molecule has 4 aromatic carbocycles. The Balaban J connectivity index is 0.000000188. The summed E-state index contributed by atoms with van der Waals surface area (Å²) >= 11 is 0. The molecule has 4 aliphatic heterocycles. The maximum atomic E-state index is 12.6. The highest BCUT2D eigenvalue weighted by molar-refractivity contribution is 6.11. The monoisotopic (exact) mass is 1010 g/mol. The van der Waals surface area contributed by atoms with Crippen molar-refractivity contribution in [2.75, 3.05) is 26.3 Å². The topological polar surface area (TPSA) is 304 Å². The molecule has 378 valence electrons. The number of terminal acetylenes is 2. The van der Waals surface area contributed by atoms with Crippen LogP contribution in [0.4, 0.5) is 0 Å². The summed E-state index contributed by atoms with van der Waals surface area (Å²) in [6.07, 6.45) is 12.2. The van der Waals surface area contributed by atoms with Crippen molar-refractivity contribution in [3.8, 4) is 81.1 Å². The molecule has 19 nitrogen and oxygen atoms in total. The highest BCUT2D eigenvalue weighted by atomic mass is 16.7. The number of hydrogen-bond acceptors (Lipinski definition) is 15. The Labute approximate surface area is 425 Å². The predicted molar refractivity (Wildman–Crippen MR) is 272 cm³/mol. The number of carboxylic acid groups (broad SMARTS) is 2. The molecular formula is C56H43N3O16. The summed E-state index contributed by atoms with van der Waals surface area (Å²) in [4.78, 5) is 101. The van der Waals surface area contributed by atoms with Gasteiger partial charge in [0.1, 0.15) is 34.2 Å². The van der Waals surface area contributed by atoms with E-state index in [1.165, 1.54) is 97.8 Å². The van der Waals surface area contributed by atoms with E-state index in [0.717, 1.165) is 19.3 Å². The van der Waals surface area contributed by atoms with Gasteiger partial charge in [-0.3, -0.25) is 24.0 Å². The zero-order valence-electron chi connectivity index (χ0n) is 39.4. The first kappa shape index (κ1) is 52.7. The molecule has 0 aromatic heterocycles. The second-order valence-electron chi connectivity index (χ2n) is 16.3. The zero-order valence-corrected chi connectivity index (χ0v) is 39.4. The van der Waals surface area contributed by atoms with Gasteiger partial charge in [0.25, 0.3) is 17.7 Å². The van der Waals surface area contributed by atoms with E-state index in [9.17, 15) is 58.8 Å². The van der Waals surface area contributed by atoms with Gasteiger partial charge in [0.05, 0.1) is 29.8 Å². The molecule has 2 aliphatic carbocycles. The molecule has 0 radical (unpaired) electrons. The van der Waals surface area contributed by atoms with Gasteiger partial charge in [-0.2, -0.15) is 0 Å². The minimum Gasteiger partial charge on any atom is -0.508 e. The molecule has 3 amide bonds. The van der Waals surface area contributed by atoms with Gasteiger partial charge in [-0.25, -0.2) is 14.4 Å². The number of imide groups is 1. The van der Waals surface area contributed by atoms with Crippen molar-refractivity contribution in [3.63, 3.8) is 0 Å². The van der Waals surface area contributed by atoms with Gasteiger partial charge in [-0.1, -0.05) is 24.0 Å². The van der Waals surface area contributed by atoms with E-state index in [-0.39, 0.29) is 92.2 Å². The molecule has 0 saturated carbocycles. The van der Waals surface area contributed by atoms with Crippen LogP contribution in [0, 0.1) is 24.7 Å². The fourth-order valence-electron chi connectivity index (χ4n) is 7.98. The third-order valence-electron chi connectivity index (χ3n) is 11.4. The van der Waals surface area contributed by atoms with Crippen LogP contribution in [0.2, 0.25) is 0 Å². The summed E-state index contributed by atoms with van der Waals surface area (Å²) < 4.78 is 16.5. The predicted octanol–water partition coefficient (Wildman–Crippen LogP) is 6.90. The van der Waals surface area contributed by atoms with Gasteiger partial charge < -0.3 is 49.9 Å². The number of rotatable bonds is 8. The molecule has 4 aromatic rings. The van der Waals surface area contributed by atoms with Gasteiger partial charge in [0, 0.05) is 88.9 Å². The second kappa shape index (κ2) is 23.4. The lowest BCUT2D eigenvalue weighted by atomic mass is 9.90. The number of aromatic carboxylic acids is 2. The van der Waals surface area contributed by atoms with Crippen LogP contribution in [0.3, 0.4) is 0 Å². The summed E-state index contributed by atoms with van der Waals surface area (Å²) in [7, 11) is 0. The largest absolute Gasteiger partial charge is 0.508 e. The quantitative estimate of drug-likeness (QED) is 0.0512. The summed E-state index contributed by atoms with van der Waals surface area (Å²) in [5.74, 6) is -0.693. The van der Waals surface area contributed by atoms with Crippen LogP contribution in [0.15, 0.2) is 128 Å². The molecule has 10 rings (SSSR count). The first-order valence-corrected chi connectivity index (χ1v) is 22.7. The number of hydroxylamine groups is 2. The minimum absolute atomic E-state index is 0.0134. The van der Waals surface area contributed by atoms with Gasteiger partial charge in [0.2, 0.25) is 0 Å². The maximum Gasteiger partial charge on any atom is 0.363 e. The normalized spacial score (nSPS) is 12.6. The zero-order chi connectivity index (χ0) is 53.9. The Kier molecular flexibility index (Phi) is 16.5. The van der Waals surface area contributed by atoms with Gasteiger partial charge in [-0.05, 0) is 96.8 Å². The van der Waals surface area contributed by atoms with E-state index in [1.807, 2.05) is 0 Å². The smallest absolute Gasteiger partial charge is 0.363 e. The second-order valence-corrected chi connectivity index (χ2v) is 16.3.